The van der Waals surface area contributed by atoms with Crippen molar-refractivity contribution < 1.29 is 4.74 Å². The van der Waals surface area contributed by atoms with E-state index >= 15 is 0 Å². The van der Waals surface area contributed by atoms with Crippen LogP contribution in [-0.2, 0) is 4.74 Å². The molecule has 1 atom stereocenters. The fourth-order valence-corrected chi connectivity index (χ4v) is 4.52. The standard InChI is InChI=1S/C21H42N2O/c1-17(2)22-13-15-23(16-14-22)19(5)7-6-8-20-9-11-21(12-10-20)24-18(3)4/h17-21H,6-16H2,1-5H3/t19-,20-,21-/m0/s1. The summed E-state index contributed by atoms with van der Waals surface area (Å²) in [5, 5.41) is 0. The zero-order valence-electron chi connectivity index (χ0n) is 17.0. The lowest BCUT2D eigenvalue weighted by Crippen LogP contribution is -2.51. The lowest BCUT2D eigenvalue weighted by molar-refractivity contribution is -0.0204. The molecule has 0 unspecified atom stereocenters. The third-order valence-corrected chi connectivity index (χ3v) is 6.20. The molecule has 0 radical (unpaired) electrons. The van der Waals surface area contributed by atoms with Crippen molar-refractivity contribution in [1.29, 1.82) is 0 Å². The summed E-state index contributed by atoms with van der Waals surface area (Å²) >= 11 is 0. The molecule has 1 saturated carbocycles. The topological polar surface area (TPSA) is 15.7 Å². The monoisotopic (exact) mass is 338 g/mol. The molecule has 0 aromatic carbocycles. The highest BCUT2D eigenvalue weighted by Gasteiger charge is 2.24. The zero-order valence-corrected chi connectivity index (χ0v) is 17.0. The van der Waals surface area contributed by atoms with E-state index in [0.29, 0.717) is 18.2 Å². The van der Waals surface area contributed by atoms with Crippen molar-refractivity contribution in [3.05, 3.63) is 0 Å². The van der Waals surface area contributed by atoms with Gasteiger partial charge in [0.1, 0.15) is 0 Å². The zero-order chi connectivity index (χ0) is 17.5. The predicted molar refractivity (Wildman–Crippen MR) is 104 cm³/mol. The van der Waals surface area contributed by atoms with Gasteiger partial charge in [-0.3, -0.25) is 9.80 Å². The number of hydrogen-bond acceptors (Lipinski definition) is 3. The van der Waals surface area contributed by atoms with Gasteiger partial charge in [0.15, 0.2) is 0 Å². The predicted octanol–water partition coefficient (Wildman–Crippen LogP) is 4.56. The van der Waals surface area contributed by atoms with E-state index in [0.717, 1.165) is 12.0 Å². The maximum Gasteiger partial charge on any atom is 0.0578 e. The Hall–Kier alpha value is -0.120. The van der Waals surface area contributed by atoms with Crippen LogP contribution in [0.15, 0.2) is 0 Å². The first-order chi connectivity index (χ1) is 11.5. The van der Waals surface area contributed by atoms with Crippen LogP contribution in [0.2, 0.25) is 0 Å². The van der Waals surface area contributed by atoms with Crippen LogP contribution in [0.4, 0.5) is 0 Å². The van der Waals surface area contributed by atoms with Gasteiger partial charge >= 0.3 is 0 Å². The summed E-state index contributed by atoms with van der Waals surface area (Å²) in [6.07, 6.45) is 10.5. The quantitative estimate of drug-likeness (QED) is 0.645. The van der Waals surface area contributed by atoms with Crippen molar-refractivity contribution in [2.24, 2.45) is 5.92 Å². The summed E-state index contributed by atoms with van der Waals surface area (Å²) in [6.45, 7) is 16.4. The van der Waals surface area contributed by atoms with Crippen molar-refractivity contribution in [1.82, 2.24) is 9.80 Å². The second-order valence-electron chi connectivity index (χ2n) is 8.77. The second kappa shape index (κ2) is 10.1. The van der Waals surface area contributed by atoms with Crippen LogP contribution < -0.4 is 0 Å². The molecule has 3 nitrogen and oxygen atoms in total. The third kappa shape index (κ3) is 6.65. The van der Waals surface area contributed by atoms with E-state index in [1.54, 1.807) is 0 Å². The minimum absolute atomic E-state index is 0.392. The normalized spacial score (nSPS) is 28.6. The smallest absolute Gasteiger partial charge is 0.0578 e. The molecule has 2 aliphatic rings. The van der Waals surface area contributed by atoms with E-state index in [1.165, 1.54) is 71.1 Å². The summed E-state index contributed by atoms with van der Waals surface area (Å²) in [5.74, 6) is 0.960. The fourth-order valence-electron chi connectivity index (χ4n) is 4.52. The number of rotatable bonds is 8. The van der Waals surface area contributed by atoms with Gasteiger partial charge in [-0.15, -0.1) is 0 Å². The number of hydrogen-bond donors (Lipinski definition) is 0. The molecule has 142 valence electrons. The fraction of sp³-hybridized carbons (Fsp3) is 1.00. The van der Waals surface area contributed by atoms with Gasteiger partial charge < -0.3 is 4.74 Å². The Bertz CT molecular complexity index is 329. The van der Waals surface area contributed by atoms with Crippen LogP contribution in [0.25, 0.3) is 0 Å². The van der Waals surface area contributed by atoms with Gasteiger partial charge in [-0.05, 0) is 72.6 Å². The Morgan fingerprint density at radius 3 is 1.96 bits per heavy atom. The highest BCUT2D eigenvalue weighted by atomic mass is 16.5. The summed E-state index contributed by atoms with van der Waals surface area (Å²) in [6, 6.07) is 1.47. The second-order valence-corrected chi connectivity index (χ2v) is 8.77. The average molecular weight is 339 g/mol. The lowest BCUT2D eigenvalue weighted by atomic mass is 9.84. The molecule has 0 spiro atoms. The molecular weight excluding hydrogens is 296 g/mol. The molecule has 3 heteroatoms. The van der Waals surface area contributed by atoms with Crippen molar-refractivity contribution >= 4 is 0 Å². The summed E-state index contributed by atoms with van der Waals surface area (Å²) < 4.78 is 5.98. The molecule has 0 amide bonds. The van der Waals surface area contributed by atoms with E-state index in [-0.39, 0.29) is 0 Å². The maximum absolute atomic E-state index is 5.98. The van der Waals surface area contributed by atoms with Crippen LogP contribution in [0.5, 0.6) is 0 Å². The van der Waals surface area contributed by atoms with Crippen LogP contribution in [-0.4, -0.2) is 60.3 Å². The highest BCUT2D eigenvalue weighted by Crippen LogP contribution is 2.30. The summed E-state index contributed by atoms with van der Waals surface area (Å²) in [5.41, 5.74) is 0. The van der Waals surface area contributed by atoms with Crippen molar-refractivity contribution in [3.8, 4) is 0 Å². The van der Waals surface area contributed by atoms with Gasteiger partial charge in [0.25, 0.3) is 0 Å². The molecular formula is C21H42N2O. The molecule has 24 heavy (non-hydrogen) atoms. The third-order valence-electron chi connectivity index (χ3n) is 6.20. The van der Waals surface area contributed by atoms with Crippen molar-refractivity contribution in [2.75, 3.05) is 26.2 Å². The Morgan fingerprint density at radius 2 is 1.42 bits per heavy atom. The van der Waals surface area contributed by atoms with Gasteiger partial charge in [-0.2, -0.15) is 0 Å². The molecule has 0 bridgehead atoms. The van der Waals surface area contributed by atoms with Gasteiger partial charge in [0.2, 0.25) is 0 Å². The lowest BCUT2D eigenvalue weighted by Gasteiger charge is -2.40. The van der Waals surface area contributed by atoms with Crippen molar-refractivity contribution in [2.45, 2.75) is 104 Å². The molecule has 1 heterocycles. The molecule has 2 rings (SSSR count). The van der Waals surface area contributed by atoms with Crippen LogP contribution in [0.3, 0.4) is 0 Å². The minimum atomic E-state index is 0.392. The molecule has 0 N–H and O–H groups in total. The summed E-state index contributed by atoms with van der Waals surface area (Å²) in [7, 11) is 0. The Kier molecular flexibility index (Phi) is 8.53. The van der Waals surface area contributed by atoms with E-state index < -0.39 is 0 Å². The van der Waals surface area contributed by atoms with E-state index in [2.05, 4.69) is 44.4 Å². The van der Waals surface area contributed by atoms with Gasteiger partial charge in [0.05, 0.1) is 12.2 Å². The molecule has 0 aromatic heterocycles. The van der Waals surface area contributed by atoms with E-state index in [9.17, 15) is 0 Å². The Labute approximate surface area is 151 Å². The summed E-state index contributed by atoms with van der Waals surface area (Å²) in [4.78, 5) is 5.33. The van der Waals surface area contributed by atoms with Gasteiger partial charge in [-0.1, -0.05) is 12.8 Å². The maximum atomic E-state index is 5.98. The Balaban J connectivity index is 1.56. The number of ether oxygens (including phenoxy) is 1. The molecule has 1 aliphatic heterocycles. The molecule has 1 aliphatic carbocycles. The first kappa shape index (κ1) is 20.2. The van der Waals surface area contributed by atoms with E-state index in [4.69, 9.17) is 4.74 Å². The van der Waals surface area contributed by atoms with Gasteiger partial charge in [0, 0.05) is 38.3 Å². The number of nitrogens with zero attached hydrogens (tertiary/aromatic N) is 2. The minimum Gasteiger partial charge on any atom is -0.376 e. The van der Waals surface area contributed by atoms with Gasteiger partial charge in [-0.25, -0.2) is 0 Å². The SMILES string of the molecule is CC(C)O[C@H]1CC[C@H](CCC[C@H](C)N2CCN(C(C)C)CC2)CC1. The van der Waals surface area contributed by atoms with Crippen LogP contribution in [0, 0.1) is 5.92 Å². The average Bonchev–Trinajstić information content (AvgIpc) is 2.56. The number of piperazine rings is 1. The largest absolute Gasteiger partial charge is 0.376 e. The van der Waals surface area contributed by atoms with Crippen LogP contribution >= 0.6 is 0 Å². The molecule has 2 fully saturated rings. The Morgan fingerprint density at radius 1 is 0.833 bits per heavy atom. The first-order valence-electron chi connectivity index (χ1n) is 10.6. The molecule has 0 aromatic rings. The van der Waals surface area contributed by atoms with Crippen molar-refractivity contribution in [3.63, 3.8) is 0 Å². The highest BCUT2D eigenvalue weighted by molar-refractivity contribution is 4.79. The first-order valence-corrected chi connectivity index (χ1v) is 10.6. The van der Waals surface area contributed by atoms with E-state index in [1.807, 2.05) is 0 Å². The van der Waals surface area contributed by atoms with Crippen LogP contribution in [0.1, 0.15) is 79.6 Å². The molecule has 1 saturated heterocycles.